The first-order valence-corrected chi connectivity index (χ1v) is 10.8. The minimum atomic E-state index is -0.342. The molecule has 1 N–H and O–H groups in total. The van der Waals surface area contributed by atoms with Crippen LogP contribution in [0.2, 0.25) is 0 Å². The predicted octanol–water partition coefficient (Wildman–Crippen LogP) is 5.21. The van der Waals surface area contributed by atoms with E-state index in [-0.39, 0.29) is 11.6 Å². The molecule has 0 atom stereocenters. The second kappa shape index (κ2) is 8.35. The molecule has 3 aromatic carbocycles. The van der Waals surface area contributed by atoms with Crippen LogP contribution in [0, 0.1) is 13.8 Å². The largest absolute Gasteiger partial charge is 0.494 e. The summed E-state index contributed by atoms with van der Waals surface area (Å²) in [5, 5.41) is 18.5. The zero-order valence-electron chi connectivity index (χ0n) is 18.7. The first-order valence-electron chi connectivity index (χ1n) is 10.8. The van der Waals surface area contributed by atoms with E-state index in [1.807, 2.05) is 51.1 Å². The number of fused-ring (bicyclic) bond motifs is 2. The molecule has 0 spiro atoms. The molecule has 0 fully saturated rings. The molecule has 0 saturated carbocycles. The zero-order valence-corrected chi connectivity index (χ0v) is 18.7. The van der Waals surface area contributed by atoms with Gasteiger partial charge in [0, 0.05) is 5.69 Å². The summed E-state index contributed by atoms with van der Waals surface area (Å²) in [6.45, 7) is 6.29. The number of hydrogen-bond donors (Lipinski definition) is 1. The van der Waals surface area contributed by atoms with Crippen molar-refractivity contribution in [3.05, 3.63) is 83.8 Å². The van der Waals surface area contributed by atoms with Crippen LogP contribution in [-0.2, 0) is 0 Å². The minimum absolute atomic E-state index is 0.225. The van der Waals surface area contributed by atoms with E-state index in [2.05, 4.69) is 39.8 Å². The van der Waals surface area contributed by atoms with Crippen molar-refractivity contribution in [3.63, 3.8) is 0 Å². The lowest BCUT2D eigenvalue weighted by Crippen LogP contribution is -2.18. The fraction of sp³-hybridized carbons (Fsp3) is 0.154. The summed E-state index contributed by atoms with van der Waals surface area (Å²) >= 11 is 0. The summed E-state index contributed by atoms with van der Waals surface area (Å²) in [5.41, 5.74) is 4.91. The Hall–Kier alpha value is -4.26. The van der Waals surface area contributed by atoms with Gasteiger partial charge in [0.15, 0.2) is 11.3 Å². The molecule has 0 unspecified atom stereocenters. The van der Waals surface area contributed by atoms with E-state index >= 15 is 0 Å². The van der Waals surface area contributed by atoms with E-state index in [0.717, 1.165) is 33.3 Å². The Bertz CT molecular complexity index is 1480. The lowest BCUT2D eigenvalue weighted by atomic mass is 9.98. The Labute approximate surface area is 191 Å². The molecule has 0 aliphatic heterocycles. The molecular formula is C26H23N5O2. The number of carbonyl (C=O) groups is 1. The van der Waals surface area contributed by atoms with Crippen molar-refractivity contribution < 1.29 is 9.53 Å². The van der Waals surface area contributed by atoms with Gasteiger partial charge in [-0.25, -0.2) is 4.52 Å². The molecule has 2 heterocycles. The Morgan fingerprint density at radius 3 is 2.52 bits per heavy atom. The average molecular weight is 438 g/mol. The van der Waals surface area contributed by atoms with Gasteiger partial charge in [-0.3, -0.25) is 4.79 Å². The van der Waals surface area contributed by atoms with E-state index < -0.39 is 0 Å². The highest BCUT2D eigenvalue weighted by atomic mass is 16.5. The molecule has 0 aliphatic carbocycles. The van der Waals surface area contributed by atoms with Crippen LogP contribution < -0.4 is 10.1 Å². The van der Waals surface area contributed by atoms with E-state index in [1.165, 1.54) is 0 Å². The average Bonchev–Trinajstić information content (AvgIpc) is 3.17. The van der Waals surface area contributed by atoms with Crippen molar-refractivity contribution in [1.82, 2.24) is 19.8 Å². The topological polar surface area (TPSA) is 81.4 Å². The molecule has 7 heteroatoms. The number of aryl methyl sites for hydroxylation is 2. The normalized spacial score (nSPS) is 11.1. The Morgan fingerprint density at radius 1 is 0.970 bits per heavy atom. The van der Waals surface area contributed by atoms with Crippen molar-refractivity contribution in [2.75, 3.05) is 11.9 Å². The van der Waals surface area contributed by atoms with E-state index in [0.29, 0.717) is 23.6 Å². The van der Waals surface area contributed by atoms with Gasteiger partial charge in [-0.1, -0.05) is 42.5 Å². The Balaban J connectivity index is 1.53. The molecule has 2 aromatic heterocycles. The lowest BCUT2D eigenvalue weighted by molar-refractivity contribution is 0.102. The number of nitrogens with one attached hydrogen (secondary N) is 1. The van der Waals surface area contributed by atoms with Crippen LogP contribution >= 0.6 is 0 Å². The molecule has 1 amide bonds. The highest BCUT2D eigenvalue weighted by Gasteiger charge is 2.21. The highest BCUT2D eigenvalue weighted by Crippen LogP contribution is 2.33. The molecular weight excluding hydrogens is 414 g/mol. The third-order valence-electron chi connectivity index (χ3n) is 5.64. The van der Waals surface area contributed by atoms with Crippen molar-refractivity contribution >= 4 is 28.0 Å². The van der Waals surface area contributed by atoms with E-state index in [4.69, 9.17) is 9.84 Å². The Morgan fingerprint density at radius 2 is 1.73 bits per heavy atom. The SMILES string of the molecule is CCOc1ccc(NC(=O)c2nnc3c(-c4cccc5ccccc45)c(C)nn3c2C)cc1. The summed E-state index contributed by atoms with van der Waals surface area (Å²) < 4.78 is 7.15. The standard InChI is InChI=1S/C26H23N5O2/c1-4-33-20-14-12-19(13-15-20)27-26(32)24-17(3)31-25(29-28-24)23(16(2)30-31)22-11-7-9-18-8-5-6-10-21(18)22/h5-15H,4H2,1-3H3,(H,27,32). The van der Waals surface area contributed by atoms with Crippen molar-refractivity contribution in [3.8, 4) is 16.9 Å². The van der Waals surface area contributed by atoms with Gasteiger partial charge in [0.1, 0.15) is 5.75 Å². The zero-order chi connectivity index (χ0) is 22.9. The number of benzene rings is 3. The maximum absolute atomic E-state index is 12.9. The minimum Gasteiger partial charge on any atom is -0.494 e. The predicted molar refractivity (Wildman–Crippen MR) is 129 cm³/mol. The van der Waals surface area contributed by atoms with Gasteiger partial charge in [0.25, 0.3) is 5.91 Å². The summed E-state index contributed by atoms with van der Waals surface area (Å²) in [7, 11) is 0. The van der Waals surface area contributed by atoms with E-state index in [1.54, 1.807) is 16.6 Å². The number of nitrogens with zero attached hydrogens (tertiary/aromatic N) is 4. The molecule has 0 aliphatic rings. The molecule has 0 saturated heterocycles. The number of ether oxygens (including phenoxy) is 1. The Kier molecular flexibility index (Phi) is 5.22. The first-order chi connectivity index (χ1) is 16.1. The number of anilines is 1. The number of rotatable bonds is 5. The molecule has 164 valence electrons. The van der Waals surface area contributed by atoms with Gasteiger partial charge >= 0.3 is 0 Å². The summed E-state index contributed by atoms with van der Waals surface area (Å²) in [6, 6.07) is 21.6. The fourth-order valence-corrected chi connectivity index (χ4v) is 4.07. The first kappa shape index (κ1) is 20.6. The van der Waals surface area contributed by atoms with Gasteiger partial charge in [-0.2, -0.15) is 5.10 Å². The van der Waals surface area contributed by atoms with Gasteiger partial charge in [0.05, 0.1) is 23.6 Å². The van der Waals surface area contributed by atoms with Gasteiger partial charge < -0.3 is 10.1 Å². The van der Waals surface area contributed by atoms with Crippen LogP contribution in [0.15, 0.2) is 66.7 Å². The van der Waals surface area contributed by atoms with Crippen LogP contribution in [-0.4, -0.2) is 32.3 Å². The number of hydrogen-bond acceptors (Lipinski definition) is 5. The molecule has 5 aromatic rings. The third kappa shape index (κ3) is 3.67. The molecule has 0 bridgehead atoms. The number of aromatic nitrogens is 4. The molecule has 33 heavy (non-hydrogen) atoms. The highest BCUT2D eigenvalue weighted by molar-refractivity contribution is 6.04. The van der Waals surface area contributed by atoms with Crippen LogP contribution in [0.5, 0.6) is 5.75 Å². The lowest BCUT2D eigenvalue weighted by Gasteiger charge is -2.09. The quantitative estimate of drug-likeness (QED) is 0.408. The van der Waals surface area contributed by atoms with Gasteiger partial charge in [-0.05, 0) is 61.4 Å². The number of carbonyl (C=O) groups excluding carboxylic acids is 1. The van der Waals surface area contributed by atoms with Crippen molar-refractivity contribution in [2.24, 2.45) is 0 Å². The van der Waals surface area contributed by atoms with Crippen LogP contribution in [0.4, 0.5) is 5.69 Å². The van der Waals surface area contributed by atoms with E-state index in [9.17, 15) is 4.79 Å². The molecule has 0 radical (unpaired) electrons. The monoisotopic (exact) mass is 437 g/mol. The molecule has 5 rings (SSSR count). The second-order valence-corrected chi connectivity index (χ2v) is 7.77. The third-order valence-corrected chi connectivity index (χ3v) is 5.64. The van der Waals surface area contributed by atoms with Crippen molar-refractivity contribution in [2.45, 2.75) is 20.8 Å². The maximum Gasteiger partial charge on any atom is 0.278 e. The summed E-state index contributed by atoms with van der Waals surface area (Å²) in [4.78, 5) is 12.9. The molecule has 7 nitrogen and oxygen atoms in total. The van der Waals surface area contributed by atoms with Crippen LogP contribution in [0.1, 0.15) is 28.8 Å². The van der Waals surface area contributed by atoms with Crippen LogP contribution in [0.25, 0.3) is 27.5 Å². The van der Waals surface area contributed by atoms with Crippen LogP contribution in [0.3, 0.4) is 0 Å². The summed E-state index contributed by atoms with van der Waals surface area (Å²) in [5.74, 6) is 0.409. The van der Waals surface area contributed by atoms with Gasteiger partial charge in [0.2, 0.25) is 0 Å². The van der Waals surface area contributed by atoms with Gasteiger partial charge in [-0.15, -0.1) is 10.2 Å². The summed E-state index contributed by atoms with van der Waals surface area (Å²) in [6.07, 6.45) is 0. The second-order valence-electron chi connectivity index (χ2n) is 7.77. The fourth-order valence-electron chi connectivity index (χ4n) is 4.07. The van der Waals surface area contributed by atoms with Crippen molar-refractivity contribution in [1.29, 1.82) is 0 Å². The number of amides is 1. The smallest absolute Gasteiger partial charge is 0.278 e. The maximum atomic E-state index is 12.9.